The summed E-state index contributed by atoms with van der Waals surface area (Å²) >= 11 is 3.39. The third-order valence-corrected chi connectivity index (χ3v) is 4.98. The predicted octanol–water partition coefficient (Wildman–Crippen LogP) is 4.92. The molecule has 1 unspecified atom stereocenters. The van der Waals surface area contributed by atoms with Crippen molar-refractivity contribution in [1.82, 2.24) is 5.32 Å². The van der Waals surface area contributed by atoms with Crippen LogP contribution < -0.4 is 5.32 Å². The monoisotopic (exact) mass is 455 g/mol. The Morgan fingerprint density at radius 3 is 2.45 bits per heavy atom. The molecule has 3 rings (SSSR count). The summed E-state index contributed by atoms with van der Waals surface area (Å²) < 4.78 is 11.9. The molecule has 150 valence electrons. The zero-order valence-electron chi connectivity index (χ0n) is 16.3. The van der Waals surface area contributed by atoms with Crippen LogP contribution in [0.25, 0.3) is 11.3 Å². The number of ether oxygens (including phenoxy) is 1. The Balaban J connectivity index is 1.80. The minimum Gasteiger partial charge on any atom is -0.464 e. The molecule has 0 radical (unpaired) electrons. The van der Waals surface area contributed by atoms with Crippen molar-refractivity contribution in [3.63, 3.8) is 0 Å². The lowest BCUT2D eigenvalue weighted by Gasteiger charge is -2.17. The molecule has 0 spiro atoms. The Hall–Kier alpha value is -2.86. The highest BCUT2D eigenvalue weighted by atomic mass is 79.9. The second-order valence-electron chi connectivity index (χ2n) is 6.56. The molecule has 0 fully saturated rings. The van der Waals surface area contributed by atoms with Crippen LogP contribution in [0.2, 0.25) is 0 Å². The zero-order valence-corrected chi connectivity index (χ0v) is 17.9. The minimum atomic E-state index is -0.793. The molecule has 1 atom stereocenters. The molecule has 1 N–H and O–H groups in total. The van der Waals surface area contributed by atoms with Crippen molar-refractivity contribution in [1.29, 1.82) is 0 Å². The molecule has 2 aromatic carbocycles. The number of hydrogen-bond acceptors (Lipinski definition) is 4. The molecule has 0 aliphatic carbocycles. The van der Waals surface area contributed by atoms with Crippen molar-refractivity contribution in [3.05, 3.63) is 82.0 Å². The molecule has 0 bridgehead atoms. The number of carbonyl (C=O) groups is 2. The summed E-state index contributed by atoms with van der Waals surface area (Å²) in [5, 5.41) is 2.80. The Morgan fingerprint density at radius 1 is 1.10 bits per heavy atom. The zero-order chi connectivity index (χ0) is 20.8. The van der Waals surface area contributed by atoms with E-state index < -0.39 is 12.0 Å². The molecule has 0 saturated carbocycles. The average molecular weight is 456 g/mol. The van der Waals surface area contributed by atoms with Gasteiger partial charge < -0.3 is 14.5 Å². The van der Waals surface area contributed by atoms with Gasteiger partial charge in [-0.25, -0.2) is 4.79 Å². The van der Waals surface area contributed by atoms with E-state index in [2.05, 4.69) is 21.2 Å². The van der Waals surface area contributed by atoms with Crippen molar-refractivity contribution in [2.24, 2.45) is 0 Å². The molecule has 0 aliphatic heterocycles. The largest absolute Gasteiger partial charge is 0.464 e. The maximum atomic E-state index is 12.9. The molecule has 29 heavy (non-hydrogen) atoms. The fraction of sp³-hybridized carbons (Fsp3) is 0.217. The van der Waals surface area contributed by atoms with Gasteiger partial charge in [-0.15, -0.1) is 0 Å². The van der Waals surface area contributed by atoms with Gasteiger partial charge >= 0.3 is 5.97 Å². The molecular formula is C23H22BrNO4. The van der Waals surface area contributed by atoms with Gasteiger partial charge in [0.15, 0.2) is 0 Å². The van der Waals surface area contributed by atoms with Gasteiger partial charge in [0.25, 0.3) is 5.91 Å². The van der Waals surface area contributed by atoms with Crippen LogP contribution in [-0.4, -0.2) is 24.5 Å². The number of carbonyl (C=O) groups excluding carboxylic acids is 2. The number of nitrogens with one attached hydrogen (secondary N) is 1. The average Bonchev–Trinajstić information content (AvgIpc) is 3.12. The quantitative estimate of drug-likeness (QED) is 0.513. The van der Waals surface area contributed by atoms with Gasteiger partial charge in [-0.3, -0.25) is 4.79 Å². The Kier molecular flexibility index (Phi) is 6.88. The van der Waals surface area contributed by atoms with Gasteiger partial charge in [-0.2, -0.15) is 0 Å². The molecule has 1 aromatic heterocycles. The highest BCUT2D eigenvalue weighted by Crippen LogP contribution is 2.25. The van der Waals surface area contributed by atoms with Crippen LogP contribution >= 0.6 is 15.9 Å². The van der Waals surface area contributed by atoms with E-state index >= 15 is 0 Å². The van der Waals surface area contributed by atoms with E-state index in [9.17, 15) is 9.59 Å². The van der Waals surface area contributed by atoms with Crippen LogP contribution in [0, 0.1) is 6.92 Å². The van der Waals surface area contributed by atoms with Crippen LogP contribution in [0.1, 0.15) is 28.6 Å². The summed E-state index contributed by atoms with van der Waals surface area (Å²) in [6.45, 7) is 3.71. The van der Waals surface area contributed by atoms with Gasteiger partial charge in [0.2, 0.25) is 0 Å². The number of rotatable bonds is 7. The summed E-state index contributed by atoms with van der Waals surface area (Å²) in [6, 6.07) is 18.0. The van der Waals surface area contributed by atoms with E-state index in [0.717, 1.165) is 15.6 Å². The van der Waals surface area contributed by atoms with E-state index in [0.29, 0.717) is 23.5 Å². The molecule has 1 amide bonds. The number of amides is 1. The maximum Gasteiger partial charge on any atom is 0.328 e. The van der Waals surface area contributed by atoms with Crippen molar-refractivity contribution in [3.8, 4) is 11.3 Å². The summed E-state index contributed by atoms with van der Waals surface area (Å²) in [5.74, 6) is 0.262. The number of halogens is 1. The number of esters is 1. The lowest BCUT2D eigenvalue weighted by atomic mass is 10.1. The molecule has 3 aromatic rings. The summed E-state index contributed by atoms with van der Waals surface area (Å²) in [4.78, 5) is 25.3. The molecule has 5 nitrogen and oxygen atoms in total. The Bertz CT molecular complexity index is 980. The maximum absolute atomic E-state index is 12.9. The van der Waals surface area contributed by atoms with Crippen molar-refractivity contribution >= 4 is 27.8 Å². The topological polar surface area (TPSA) is 68.5 Å². The molecule has 6 heteroatoms. The molecule has 1 heterocycles. The summed E-state index contributed by atoms with van der Waals surface area (Å²) in [6.07, 6.45) is 0.334. The normalized spacial score (nSPS) is 11.7. The SMILES string of the molecule is CCOC(=O)C(Cc1ccc(Br)cc1)NC(=O)c1cc(-c2ccccc2)oc1C. The highest BCUT2D eigenvalue weighted by Gasteiger charge is 2.25. The van der Waals surface area contributed by atoms with Crippen LogP contribution in [0.5, 0.6) is 0 Å². The van der Waals surface area contributed by atoms with Crippen molar-refractivity contribution in [2.75, 3.05) is 6.61 Å². The molecule has 0 saturated heterocycles. The van der Waals surface area contributed by atoms with Crippen molar-refractivity contribution < 1.29 is 18.7 Å². The summed E-state index contributed by atoms with van der Waals surface area (Å²) in [7, 11) is 0. The predicted molar refractivity (Wildman–Crippen MR) is 115 cm³/mol. The number of benzene rings is 2. The first-order valence-electron chi connectivity index (χ1n) is 9.35. The first kappa shape index (κ1) is 20.9. The van der Waals surface area contributed by atoms with Crippen LogP contribution in [0.3, 0.4) is 0 Å². The summed E-state index contributed by atoms with van der Waals surface area (Å²) in [5.41, 5.74) is 2.20. The third kappa shape index (κ3) is 5.35. The lowest BCUT2D eigenvalue weighted by Crippen LogP contribution is -2.43. The van der Waals surface area contributed by atoms with E-state index in [4.69, 9.17) is 9.15 Å². The van der Waals surface area contributed by atoms with Gasteiger partial charge in [0.05, 0.1) is 12.2 Å². The Morgan fingerprint density at radius 2 is 1.79 bits per heavy atom. The minimum absolute atomic E-state index is 0.244. The van der Waals surface area contributed by atoms with Crippen molar-refractivity contribution in [2.45, 2.75) is 26.3 Å². The fourth-order valence-corrected chi connectivity index (χ4v) is 3.24. The van der Waals surface area contributed by atoms with Crippen LogP contribution in [0.15, 0.2) is 69.6 Å². The smallest absolute Gasteiger partial charge is 0.328 e. The van der Waals surface area contributed by atoms with Gasteiger partial charge in [0.1, 0.15) is 17.6 Å². The van der Waals surface area contributed by atoms with Crippen LogP contribution in [-0.2, 0) is 16.0 Å². The highest BCUT2D eigenvalue weighted by molar-refractivity contribution is 9.10. The van der Waals surface area contributed by atoms with Crippen LogP contribution in [0.4, 0.5) is 0 Å². The molecular weight excluding hydrogens is 434 g/mol. The third-order valence-electron chi connectivity index (χ3n) is 4.45. The van der Waals surface area contributed by atoms with Gasteiger partial charge in [-0.05, 0) is 37.6 Å². The fourth-order valence-electron chi connectivity index (χ4n) is 2.98. The standard InChI is InChI=1S/C23H22BrNO4/c1-3-28-23(27)20(13-16-9-11-18(24)12-10-16)25-22(26)19-14-21(29-15(19)2)17-7-5-4-6-8-17/h4-12,14,20H,3,13H2,1-2H3,(H,25,26). The number of hydrogen-bond donors (Lipinski definition) is 1. The van der Waals surface area contributed by atoms with E-state index in [1.165, 1.54) is 0 Å². The number of aryl methyl sites for hydroxylation is 1. The first-order valence-corrected chi connectivity index (χ1v) is 10.1. The van der Waals surface area contributed by atoms with Gasteiger partial charge in [0, 0.05) is 16.5 Å². The first-order chi connectivity index (χ1) is 14.0. The van der Waals surface area contributed by atoms with E-state index in [1.54, 1.807) is 19.9 Å². The van der Waals surface area contributed by atoms with E-state index in [-0.39, 0.29) is 12.5 Å². The Labute approximate surface area is 178 Å². The molecule has 0 aliphatic rings. The number of furan rings is 1. The lowest BCUT2D eigenvalue weighted by molar-refractivity contribution is -0.145. The van der Waals surface area contributed by atoms with E-state index in [1.807, 2.05) is 54.6 Å². The second-order valence-corrected chi connectivity index (χ2v) is 7.47. The van der Waals surface area contributed by atoms with Gasteiger partial charge in [-0.1, -0.05) is 58.4 Å². The second kappa shape index (κ2) is 9.56.